The summed E-state index contributed by atoms with van der Waals surface area (Å²) >= 11 is 23.5. The number of rotatable bonds is 6. The number of halogens is 3. The molecule has 0 fully saturated rings. The van der Waals surface area contributed by atoms with Gasteiger partial charge in [-0.3, -0.25) is 0 Å². The maximum absolute atomic E-state index is 6.25. The number of hydrogen-bond acceptors (Lipinski definition) is 5. The Morgan fingerprint density at radius 3 is 2.74 bits per heavy atom. The highest BCUT2D eigenvalue weighted by Gasteiger charge is 2.10. The third-order valence-corrected chi connectivity index (χ3v) is 5.57. The molecule has 1 N–H and O–H groups in total. The SMILES string of the molecule is Cc1cc(OCc2n[nH]c(=S)n2/N=C/c2ccc(-c3ccc(Cl)cc3Cl)o2)ccc1Cl. The van der Waals surface area contributed by atoms with Gasteiger partial charge in [-0.05, 0) is 73.2 Å². The van der Waals surface area contributed by atoms with Crippen molar-refractivity contribution in [2.75, 3.05) is 0 Å². The zero-order valence-electron chi connectivity index (χ0n) is 16.1. The lowest BCUT2D eigenvalue weighted by Gasteiger charge is -2.07. The Labute approximate surface area is 198 Å². The van der Waals surface area contributed by atoms with Crippen LogP contribution in [0.25, 0.3) is 11.3 Å². The largest absolute Gasteiger partial charge is 0.486 e. The van der Waals surface area contributed by atoms with E-state index in [-0.39, 0.29) is 6.61 Å². The fourth-order valence-corrected chi connectivity index (χ4v) is 3.58. The van der Waals surface area contributed by atoms with Crippen LogP contribution in [0.15, 0.2) is 58.0 Å². The predicted octanol–water partition coefficient (Wildman–Crippen LogP) is 6.93. The molecule has 158 valence electrons. The lowest BCUT2D eigenvalue weighted by Crippen LogP contribution is -2.04. The Bertz CT molecular complexity index is 1330. The Kier molecular flexibility index (Phi) is 6.48. The van der Waals surface area contributed by atoms with Gasteiger partial charge in [-0.1, -0.05) is 34.8 Å². The second kappa shape index (κ2) is 9.28. The van der Waals surface area contributed by atoms with Gasteiger partial charge in [0, 0.05) is 15.6 Å². The molecular weight excluding hydrogens is 479 g/mol. The third-order valence-electron chi connectivity index (χ3n) is 4.34. The molecule has 0 spiro atoms. The number of furan rings is 1. The number of ether oxygens (including phenoxy) is 1. The quantitative estimate of drug-likeness (QED) is 0.233. The molecule has 4 rings (SSSR count). The molecule has 0 aliphatic heterocycles. The van der Waals surface area contributed by atoms with Crippen LogP contribution in [0.1, 0.15) is 17.1 Å². The monoisotopic (exact) mass is 492 g/mol. The highest BCUT2D eigenvalue weighted by molar-refractivity contribution is 7.71. The highest BCUT2D eigenvalue weighted by atomic mass is 35.5. The molecule has 0 saturated heterocycles. The maximum atomic E-state index is 6.25. The number of aromatic nitrogens is 3. The van der Waals surface area contributed by atoms with E-state index in [0.717, 1.165) is 11.1 Å². The van der Waals surface area contributed by atoms with Crippen LogP contribution in [-0.2, 0) is 6.61 Å². The highest BCUT2D eigenvalue weighted by Crippen LogP contribution is 2.31. The van der Waals surface area contributed by atoms with Gasteiger partial charge in [0.15, 0.2) is 5.82 Å². The van der Waals surface area contributed by atoms with E-state index in [4.69, 9.17) is 56.2 Å². The molecule has 0 radical (unpaired) electrons. The molecular formula is C21H15Cl3N4O2S. The number of nitrogens with zero attached hydrogens (tertiary/aromatic N) is 3. The summed E-state index contributed by atoms with van der Waals surface area (Å²) in [6.45, 7) is 2.07. The zero-order valence-corrected chi connectivity index (χ0v) is 19.2. The van der Waals surface area contributed by atoms with Gasteiger partial charge in [-0.15, -0.1) is 0 Å². The number of aromatic amines is 1. The summed E-state index contributed by atoms with van der Waals surface area (Å²) in [6, 6.07) is 14.2. The minimum Gasteiger partial charge on any atom is -0.486 e. The smallest absolute Gasteiger partial charge is 0.216 e. The number of aryl methyl sites for hydroxylation is 1. The van der Waals surface area contributed by atoms with E-state index in [1.807, 2.05) is 13.0 Å². The van der Waals surface area contributed by atoms with Gasteiger partial charge in [0.1, 0.15) is 23.9 Å². The summed E-state index contributed by atoms with van der Waals surface area (Å²) in [6.07, 6.45) is 1.54. The minimum atomic E-state index is 0.162. The summed E-state index contributed by atoms with van der Waals surface area (Å²) in [4.78, 5) is 0. The van der Waals surface area contributed by atoms with Gasteiger partial charge in [0.25, 0.3) is 0 Å². The van der Waals surface area contributed by atoms with Gasteiger partial charge in [-0.2, -0.15) is 14.9 Å². The second-order valence-corrected chi connectivity index (χ2v) is 8.16. The van der Waals surface area contributed by atoms with Crippen molar-refractivity contribution in [1.29, 1.82) is 0 Å². The van der Waals surface area contributed by atoms with E-state index in [9.17, 15) is 0 Å². The van der Waals surface area contributed by atoms with Gasteiger partial charge < -0.3 is 9.15 Å². The fraction of sp³-hybridized carbons (Fsp3) is 0.0952. The maximum Gasteiger partial charge on any atom is 0.216 e. The average molecular weight is 494 g/mol. The van der Waals surface area contributed by atoms with Gasteiger partial charge in [-0.25, -0.2) is 5.10 Å². The van der Waals surface area contributed by atoms with Crippen molar-refractivity contribution in [2.24, 2.45) is 5.10 Å². The molecule has 0 aliphatic carbocycles. The van der Waals surface area contributed by atoms with E-state index in [2.05, 4.69) is 15.3 Å². The topological polar surface area (TPSA) is 68.3 Å². The van der Waals surface area contributed by atoms with Crippen LogP contribution < -0.4 is 4.74 Å². The number of H-pyrrole nitrogens is 1. The summed E-state index contributed by atoms with van der Waals surface area (Å²) < 4.78 is 13.4. The van der Waals surface area contributed by atoms with Crippen molar-refractivity contribution >= 4 is 53.2 Å². The van der Waals surface area contributed by atoms with Crippen LogP contribution in [0.4, 0.5) is 0 Å². The molecule has 0 amide bonds. The molecule has 2 aromatic heterocycles. The molecule has 10 heteroatoms. The Morgan fingerprint density at radius 1 is 1.13 bits per heavy atom. The molecule has 2 heterocycles. The van der Waals surface area contributed by atoms with Crippen LogP contribution in [0.5, 0.6) is 5.75 Å². The number of benzene rings is 2. The first-order valence-electron chi connectivity index (χ1n) is 9.05. The molecule has 0 unspecified atom stereocenters. The van der Waals surface area contributed by atoms with E-state index in [1.54, 1.807) is 42.5 Å². The van der Waals surface area contributed by atoms with Gasteiger partial charge in [0.2, 0.25) is 4.77 Å². The summed E-state index contributed by atoms with van der Waals surface area (Å²) in [7, 11) is 0. The van der Waals surface area contributed by atoms with Crippen molar-refractivity contribution in [3.05, 3.63) is 85.5 Å². The van der Waals surface area contributed by atoms with Gasteiger partial charge in [0.05, 0.1) is 11.2 Å². The Balaban J connectivity index is 1.51. The Morgan fingerprint density at radius 2 is 1.97 bits per heavy atom. The molecule has 6 nitrogen and oxygen atoms in total. The fourth-order valence-electron chi connectivity index (χ4n) is 2.76. The molecule has 31 heavy (non-hydrogen) atoms. The first kappa shape index (κ1) is 21.6. The van der Waals surface area contributed by atoms with Crippen molar-refractivity contribution in [1.82, 2.24) is 14.9 Å². The number of hydrogen-bond donors (Lipinski definition) is 1. The standard InChI is InChI=1S/C21H15Cl3N4O2S/c1-12-8-14(3-6-17(12)23)29-11-20-26-27-21(31)28(20)25-10-15-4-7-19(30-15)16-5-2-13(22)9-18(16)24/h2-10H,11H2,1H3,(H,27,31)/b25-10+. The normalized spacial score (nSPS) is 11.4. The van der Waals surface area contributed by atoms with E-state index in [0.29, 0.717) is 42.9 Å². The molecule has 2 aromatic carbocycles. The van der Waals surface area contributed by atoms with E-state index in [1.165, 1.54) is 10.9 Å². The first-order chi connectivity index (χ1) is 14.9. The van der Waals surface area contributed by atoms with Crippen LogP contribution in [0.3, 0.4) is 0 Å². The summed E-state index contributed by atoms with van der Waals surface area (Å²) in [5.74, 6) is 2.29. The first-order valence-corrected chi connectivity index (χ1v) is 10.6. The molecule has 0 bridgehead atoms. The summed E-state index contributed by atoms with van der Waals surface area (Å²) in [5, 5.41) is 13.0. The molecule has 0 aliphatic rings. The lowest BCUT2D eigenvalue weighted by molar-refractivity contribution is 0.290. The van der Waals surface area contributed by atoms with Crippen LogP contribution in [0, 0.1) is 11.7 Å². The predicted molar refractivity (Wildman–Crippen MR) is 125 cm³/mol. The van der Waals surface area contributed by atoms with Crippen LogP contribution in [-0.4, -0.2) is 21.1 Å². The second-order valence-electron chi connectivity index (χ2n) is 6.53. The van der Waals surface area contributed by atoms with E-state index < -0.39 is 0 Å². The van der Waals surface area contributed by atoms with Crippen molar-refractivity contribution in [3.8, 4) is 17.1 Å². The average Bonchev–Trinajstić information content (AvgIpc) is 3.34. The Hall–Kier alpha value is -2.58. The lowest BCUT2D eigenvalue weighted by atomic mass is 10.2. The van der Waals surface area contributed by atoms with Crippen LogP contribution in [0.2, 0.25) is 15.1 Å². The minimum absolute atomic E-state index is 0.162. The van der Waals surface area contributed by atoms with Gasteiger partial charge >= 0.3 is 0 Å². The molecule has 4 aromatic rings. The zero-order chi connectivity index (χ0) is 22.0. The van der Waals surface area contributed by atoms with Crippen molar-refractivity contribution < 1.29 is 9.15 Å². The van der Waals surface area contributed by atoms with E-state index >= 15 is 0 Å². The third kappa shape index (κ3) is 5.02. The number of nitrogens with one attached hydrogen (secondary N) is 1. The van der Waals surface area contributed by atoms with Crippen molar-refractivity contribution in [3.63, 3.8) is 0 Å². The van der Waals surface area contributed by atoms with Crippen molar-refractivity contribution in [2.45, 2.75) is 13.5 Å². The summed E-state index contributed by atoms with van der Waals surface area (Å²) in [5.41, 5.74) is 1.66. The molecule has 0 atom stereocenters. The van der Waals surface area contributed by atoms with Crippen LogP contribution >= 0.6 is 47.0 Å². The molecule has 0 saturated carbocycles.